The molecule has 0 bridgehead atoms. The normalized spacial score (nSPS) is 10.6. The number of aryl methyl sites for hydroxylation is 2. The van der Waals surface area contributed by atoms with Crippen LogP contribution >= 0.6 is 0 Å². The van der Waals surface area contributed by atoms with E-state index in [1.54, 1.807) is 10.6 Å². The second-order valence-corrected chi connectivity index (χ2v) is 5.05. The van der Waals surface area contributed by atoms with Crippen LogP contribution in [0.3, 0.4) is 0 Å². The Bertz CT molecular complexity index is 699. The summed E-state index contributed by atoms with van der Waals surface area (Å²) in [6.07, 6.45) is 1.47. The first-order valence-corrected chi connectivity index (χ1v) is 6.85. The van der Waals surface area contributed by atoms with Gasteiger partial charge in [-0.05, 0) is 55.2 Å². The fourth-order valence-corrected chi connectivity index (χ4v) is 2.28. The molecule has 104 valence electrons. The van der Waals surface area contributed by atoms with Crippen LogP contribution < -0.4 is 5.56 Å². The molecule has 3 nitrogen and oxygen atoms in total. The molecule has 0 N–H and O–H groups in total. The zero-order valence-electron chi connectivity index (χ0n) is 12.1. The van der Waals surface area contributed by atoms with Crippen LogP contribution in [0, 0.1) is 13.8 Å². The van der Waals surface area contributed by atoms with Gasteiger partial charge in [-0.15, -0.1) is 0 Å². The van der Waals surface area contributed by atoms with E-state index in [2.05, 4.69) is 26.0 Å². The van der Waals surface area contributed by atoms with Gasteiger partial charge in [-0.2, -0.15) is 0 Å². The van der Waals surface area contributed by atoms with Crippen molar-refractivity contribution in [3.05, 3.63) is 57.4 Å². The van der Waals surface area contributed by atoms with Crippen LogP contribution in [0.25, 0.3) is 11.3 Å². The molecule has 2 aromatic rings. The van der Waals surface area contributed by atoms with Crippen LogP contribution in [0.1, 0.15) is 34.8 Å². The molecule has 0 radical (unpaired) electrons. The van der Waals surface area contributed by atoms with Crippen molar-refractivity contribution in [1.29, 1.82) is 0 Å². The third-order valence-corrected chi connectivity index (χ3v) is 3.58. The molecule has 0 aliphatic heterocycles. The molecule has 3 heteroatoms. The third kappa shape index (κ3) is 2.57. The van der Waals surface area contributed by atoms with Gasteiger partial charge in [0.1, 0.15) is 0 Å². The predicted octanol–water partition coefficient (Wildman–Crippen LogP) is 3.35. The van der Waals surface area contributed by atoms with E-state index in [-0.39, 0.29) is 11.1 Å². The number of carbonyl (C=O) groups is 1. The Balaban J connectivity index is 2.66. The van der Waals surface area contributed by atoms with E-state index in [0.29, 0.717) is 12.8 Å². The maximum Gasteiger partial charge on any atom is 0.261 e. The Kier molecular flexibility index (Phi) is 4.18. The fourth-order valence-electron chi connectivity index (χ4n) is 2.28. The largest absolute Gasteiger partial charge is 0.308 e. The summed E-state index contributed by atoms with van der Waals surface area (Å²) in [7, 11) is 0. The zero-order chi connectivity index (χ0) is 14.7. The molecule has 1 heterocycles. The highest BCUT2D eigenvalue weighted by molar-refractivity contribution is 5.75. The third-order valence-electron chi connectivity index (χ3n) is 3.58. The lowest BCUT2D eigenvalue weighted by Crippen LogP contribution is -2.24. The van der Waals surface area contributed by atoms with Crippen molar-refractivity contribution in [3.8, 4) is 11.3 Å². The smallest absolute Gasteiger partial charge is 0.261 e. The standard InChI is InChI=1S/C17H19NO2/c1-4-9-18-16(8-7-15(11-19)17(18)20)14-6-5-12(2)13(3)10-14/h5-8,10-11H,4,9H2,1-3H3. The number of pyridine rings is 1. The minimum absolute atomic E-state index is 0.211. The molecule has 0 saturated heterocycles. The molecule has 0 spiro atoms. The maximum atomic E-state index is 12.3. The number of carbonyl (C=O) groups excluding carboxylic acids is 1. The van der Waals surface area contributed by atoms with Crippen LogP contribution in [-0.4, -0.2) is 10.9 Å². The highest BCUT2D eigenvalue weighted by atomic mass is 16.1. The average Bonchev–Trinajstić information content (AvgIpc) is 2.44. The van der Waals surface area contributed by atoms with Gasteiger partial charge in [0.05, 0.1) is 11.3 Å². The Morgan fingerprint density at radius 1 is 1.10 bits per heavy atom. The van der Waals surface area contributed by atoms with Crippen molar-refractivity contribution < 1.29 is 4.79 Å². The number of hydrogen-bond donors (Lipinski definition) is 0. The number of nitrogens with zero attached hydrogens (tertiary/aromatic N) is 1. The van der Waals surface area contributed by atoms with Crippen LogP contribution in [0.2, 0.25) is 0 Å². The van der Waals surface area contributed by atoms with Gasteiger partial charge in [0, 0.05) is 6.54 Å². The number of rotatable bonds is 4. The summed E-state index contributed by atoms with van der Waals surface area (Å²) in [5.74, 6) is 0. The quantitative estimate of drug-likeness (QED) is 0.798. The lowest BCUT2D eigenvalue weighted by molar-refractivity contribution is 0.112. The topological polar surface area (TPSA) is 39.1 Å². The van der Waals surface area contributed by atoms with Gasteiger partial charge in [0.25, 0.3) is 5.56 Å². The van der Waals surface area contributed by atoms with Crippen LogP contribution in [0.4, 0.5) is 0 Å². The van der Waals surface area contributed by atoms with E-state index < -0.39 is 0 Å². The van der Waals surface area contributed by atoms with E-state index in [4.69, 9.17) is 0 Å². The van der Waals surface area contributed by atoms with Crippen molar-refractivity contribution in [3.63, 3.8) is 0 Å². The minimum atomic E-state index is -0.211. The lowest BCUT2D eigenvalue weighted by Gasteiger charge is -2.14. The van der Waals surface area contributed by atoms with Gasteiger partial charge in [0.2, 0.25) is 0 Å². The molecule has 0 unspecified atom stereocenters. The van der Waals surface area contributed by atoms with Gasteiger partial charge in [0.15, 0.2) is 6.29 Å². The number of aldehydes is 1. The first-order chi connectivity index (χ1) is 9.58. The Hall–Kier alpha value is -2.16. The first kappa shape index (κ1) is 14.3. The summed E-state index contributed by atoms with van der Waals surface area (Å²) < 4.78 is 1.69. The molecular weight excluding hydrogens is 250 g/mol. The molecule has 0 fully saturated rings. The van der Waals surface area contributed by atoms with Crippen LogP contribution in [0.15, 0.2) is 35.1 Å². The highest BCUT2D eigenvalue weighted by Crippen LogP contribution is 2.21. The Morgan fingerprint density at radius 2 is 1.85 bits per heavy atom. The van der Waals surface area contributed by atoms with Crippen molar-refractivity contribution in [2.45, 2.75) is 33.7 Å². The Labute approximate surface area is 118 Å². The fraction of sp³-hybridized carbons (Fsp3) is 0.294. The lowest BCUT2D eigenvalue weighted by atomic mass is 10.0. The second kappa shape index (κ2) is 5.87. The van der Waals surface area contributed by atoms with Gasteiger partial charge in [-0.25, -0.2) is 0 Å². The predicted molar refractivity (Wildman–Crippen MR) is 81.3 cm³/mol. The van der Waals surface area contributed by atoms with Crippen LogP contribution in [0.5, 0.6) is 0 Å². The highest BCUT2D eigenvalue weighted by Gasteiger charge is 2.10. The summed E-state index contributed by atoms with van der Waals surface area (Å²) in [5, 5.41) is 0. The van der Waals surface area contributed by atoms with Crippen molar-refractivity contribution in [2.75, 3.05) is 0 Å². The van der Waals surface area contributed by atoms with Gasteiger partial charge in [-0.1, -0.05) is 19.1 Å². The first-order valence-electron chi connectivity index (χ1n) is 6.85. The number of hydrogen-bond acceptors (Lipinski definition) is 2. The number of aromatic nitrogens is 1. The van der Waals surface area contributed by atoms with E-state index in [0.717, 1.165) is 17.7 Å². The molecule has 0 amide bonds. The molecule has 2 rings (SSSR count). The molecule has 1 aromatic carbocycles. The van der Waals surface area contributed by atoms with Crippen LogP contribution in [-0.2, 0) is 6.54 Å². The Morgan fingerprint density at radius 3 is 2.45 bits per heavy atom. The summed E-state index contributed by atoms with van der Waals surface area (Å²) in [5.41, 5.74) is 4.30. The monoisotopic (exact) mass is 269 g/mol. The van der Waals surface area contributed by atoms with E-state index in [1.165, 1.54) is 11.1 Å². The summed E-state index contributed by atoms with van der Waals surface area (Å²) in [6, 6.07) is 9.61. The van der Waals surface area contributed by atoms with Crippen molar-refractivity contribution in [2.24, 2.45) is 0 Å². The molecule has 0 aliphatic carbocycles. The average molecular weight is 269 g/mol. The van der Waals surface area contributed by atoms with Crippen molar-refractivity contribution in [1.82, 2.24) is 4.57 Å². The molecule has 0 saturated carbocycles. The molecule has 0 atom stereocenters. The summed E-state index contributed by atoms with van der Waals surface area (Å²) in [4.78, 5) is 23.2. The van der Waals surface area contributed by atoms with Gasteiger partial charge < -0.3 is 4.57 Å². The molecular formula is C17H19NO2. The molecule has 20 heavy (non-hydrogen) atoms. The summed E-state index contributed by atoms with van der Waals surface area (Å²) >= 11 is 0. The number of benzene rings is 1. The molecule has 1 aromatic heterocycles. The van der Waals surface area contributed by atoms with E-state index in [9.17, 15) is 9.59 Å². The zero-order valence-corrected chi connectivity index (χ0v) is 12.1. The van der Waals surface area contributed by atoms with Gasteiger partial charge >= 0.3 is 0 Å². The SMILES string of the molecule is CCCn1c(-c2ccc(C)c(C)c2)ccc(C=O)c1=O. The van der Waals surface area contributed by atoms with Gasteiger partial charge in [-0.3, -0.25) is 9.59 Å². The summed E-state index contributed by atoms with van der Waals surface area (Å²) in [6.45, 7) is 6.75. The van der Waals surface area contributed by atoms with E-state index >= 15 is 0 Å². The van der Waals surface area contributed by atoms with E-state index in [1.807, 2.05) is 19.1 Å². The second-order valence-electron chi connectivity index (χ2n) is 5.05. The molecule has 0 aliphatic rings. The minimum Gasteiger partial charge on any atom is -0.308 e. The van der Waals surface area contributed by atoms with Crippen molar-refractivity contribution >= 4 is 6.29 Å². The maximum absolute atomic E-state index is 12.3.